The summed E-state index contributed by atoms with van der Waals surface area (Å²) in [4.78, 5) is 11.8. The molecule has 0 heterocycles. The number of hydrogen-bond donors (Lipinski definition) is 0. The van der Waals surface area contributed by atoms with Crippen molar-refractivity contribution in [2.24, 2.45) is 0 Å². The van der Waals surface area contributed by atoms with Crippen molar-refractivity contribution in [3.05, 3.63) is 65.7 Å². The number of rotatable bonds is 4. The van der Waals surface area contributed by atoms with Gasteiger partial charge in [0.25, 0.3) is 0 Å². The summed E-state index contributed by atoms with van der Waals surface area (Å²) in [5, 5.41) is 0.393. The average Bonchev–Trinajstić information content (AvgIpc) is 2.38. The SMILES string of the molecule is O=C(C[Se]c1ccc(F)cc1)c1ccc(F)cc1. The van der Waals surface area contributed by atoms with Gasteiger partial charge in [0.05, 0.1) is 0 Å². The molecule has 0 unspecified atom stereocenters. The third kappa shape index (κ3) is 3.49. The Kier molecular flexibility index (Phi) is 4.23. The second-order valence-corrected chi connectivity index (χ2v) is 5.87. The first-order chi connectivity index (χ1) is 8.65. The molecule has 92 valence electrons. The molecule has 0 amide bonds. The number of hydrogen-bond acceptors (Lipinski definition) is 1. The van der Waals surface area contributed by atoms with Crippen LogP contribution in [0.25, 0.3) is 0 Å². The average molecular weight is 311 g/mol. The quantitative estimate of drug-likeness (QED) is 0.626. The van der Waals surface area contributed by atoms with Crippen LogP contribution in [-0.2, 0) is 0 Å². The van der Waals surface area contributed by atoms with Crippen molar-refractivity contribution in [3.63, 3.8) is 0 Å². The van der Waals surface area contributed by atoms with E-state index in [4.69, 9.17) is 0 Å². The number of ketones is 1. The Morgan fingerprint density at radius 2 is 1.39 bits per heavy atom. The Morgan fingerprint density at radius 3 is 1.94 bits per heavy atom. The fourth-order valence-corrected chi connectivity index (χ4v) is 3.06. The molecule has 0 fully saturated rings. The second kappa shape index (κ2) is 5.89. The third-order valence-corrected chi connectivity index (χ3v) is 4.47. The second-order valence-electron chi connectivity index (χ2n) is 3.67. The van der Waals surface area contributed by atoms with E-state index >= 15 is 0 Å². The van der Waals surface area contributed by atoms with Gasteiger partial charge in [-0.2, -0.15) is 0 Å². The molecule has 18 heavy (non-hydrogen) atoms. The normalized spacial score (nSPS) is 10.3. The summed E-state index contributed by atoms with van der Waals surface area (Å²) < 4.78 is 26.4. The van der Waals surface area contributed by atoms with E-state index in [1.165, 1.54) is 36.4 Å². The maximum absolute atomic E-state index is 12.7. The Balaban J connectivity index is 1.96. The van der Waals surface area contributed by atoms with Crippen molar-refractivity contribution in [2.75, 3.05) is 0 Å². The van der Waals surface area contributed by atoms with E-state index in [1.807, 2.05) is 0 Å². The molecule has 0 saturated carbocycles. The van der Waals surface area contributed by atoms with Crippen LogP contribution in [0.4, 0.5) is 8.78 Å². The van der Waals surface area contributed by atoms with Crippen LogP contribution in [0.15, 0.2) is 48.5 Å². The van der Waals surface area contributed by atoms with Crippen molar-refractivity contribution in [1.29, 1.82) is 0 Å². The molecular formula is C14H10F2OSe. The molecule has 0 radical (unpaired) electrons. The standard InChI is InChI=1S/C14H10F2OSe/c15-11-3-1-10(2-4-11)14(17)9-18-13-7-5-12(16)6-8-13/h1-8H,9H2. The summed E-state index contributed by atoms with van der Waals surface area (Å²) in [5.74, 6) is -0.644. The number of benzene rings is 2. The fraction of sp³-hybridized carbons (Fsp3) is 0.0714. The Bertz CT molecular complexity index is 535. The van der Waals surface area contributed by atoms with Gasteiger partial charge in [0.2, 0.25) is 0 Å². The topological polar surface area (TPSA) is 17.1 Å². The van der Waals surface area contributed by atoms with E-state index in [0.29, 0.717) is 10.9 Å². The summed E-state index contributed by atoms with van der Waals surface area (Å²) in [6, 6.07) is 11.7. The monoisotopic (exact) mass is 312 g/mol. The Labute approximate surface area is 110 Å². The molecule has 0 aromatic heterocycles. The molecule has 2 aromatic rings. The molecule has 2 aromatic carbocycles. The predicted octanol–water partition coefficient (Wildman–Crippen LogP) is 2.60. The van der Waals surface area contributed by atoms with Crippen molar-refractivity contribution >= 4 is 25.2 Å². The van der Waals surface area contributed by atoms with Crippen LogP contribution in [-0.4, -0.2) is 20.7 Å². The number of Topliss-reactive ketones (excluding diaryl/α,β-unsaturated/α-hetero) is 1. The van der Waals surface area contributed by atoms with E-state index in [2.05, 4.69) is 0 Å². The van der Waals surface area contributed by atoms with Gasteiger partial charge in [-0.3, -0.25) is 0 Å². The van der Waals surface area contributed by atoms with Gasteiger partial charge in [-0.1, -0.05) is 0 Å². The first-order valence-electron chi connectivity index (χ1n) is 5.32. The molecule has 1 nitrogen and oxygen atoms in total. The van der Waals surface area contributed by atoms with Gasteiger partial charge in [0.15, 0.2) is 0 Å². The van der Waals surface area contributed by atoms with Gasteiger partial charge >= 0.3 is 110 Å². The summed E-state index contributed by atoms with van der Waals surface area (Å²) in [5.41, 5.74) is 0.514. The van der Waals surface area contributed by atoms with Crippen LogP contribution >= 0.6 is 0 Å². The maximum atomic E-state index is 12.7. The van der Waals surface area contributed by atoms with Gasteiger partial charge in [0.1, 0.15) is 0 Å². The summed E-state index contributed by atoms with van der Waals surface area (Å²) in [6.07, 6.45) is 0. The molecular weight excluding hydrogens is 301 g/mol. The summed E-state index contributed by atoms with van der Waals surface area (Å²) in [6.45, 7) is 0. The van der Waals surface area contributed by atoms with E-state index in [-0.39, 0.29) is 32.4 Å². The molecule has 0 saturated heterocycles. The van der Waals surface area contributed by atoms with Gasteiger partial charge in [-0.05, 0) is 0 Å². The summed E-state index contributed by atoms with van der Waals surface area (Å²) in [7, 11) is 0. The Morgan fingerprint density at radius 1 is 0.889 bits per heavy atom. The van der Waals surface area contributed by atoms with Gasteiger partial charge in [0, 0.05) is 0 Å². The van der Waals surface area contributed by atoms with Crippen LogP contribution in [0.1, 0.15) is 10.4 Å². The molecule has 0 bridgehead atoms. The molecule has 0 aliphatic rings. The molecule has 0 spiro atoms. The van der Waals surface area contributed by atoms with Crippen LogP contribution in [0.5, 0.6) is 0 Å². The molecule has 0 aliphatic heterocycles. The third-order valence-electron chi connectivity index (χ3n) is 2.35. The molecule has 0 atom stereocenters. The zero-order chi connectivity index (χ0) is 13.0. The number of halogens is 2. The predicted molar refractivity (Wildman–Crippen MR) is 67.3 cm³/mol. The Hall–Kier alpha value is -1.51. The zero-order valence-corrected chi connectivity index (χ0v) is 11.1. The van der Waals surface area contributed by atoms with E-state index in [9.17, 15) is 13.6 Å². The van der Waals surface area contributed by atoms with E-state index in [0.717, 1.165) is 4.46 Å². The van der Waals surface area contributed by atoms with Gasteiger partial charge in [-0.25, -0.2) is 0 Å². The first kappa shape index (κ1) is 12.9. The van der Waals surface area contributed by atoms with Crippen LogP contribution < -0.4 is 4.46 Å². The van der Waals surface area contributed by atoms with Crippen molar-refractivity contribution < 1.29 is 13.6 Å². The van der Waals surface area contributed by atoms with Crippen molar-refractivity contribution in [2.45, 2.75) is 5.32 Å². The van der Waals surface area contributed by atoms with Crippen LogP contribution in [0.2, 0.25) is 5.32 Å². The van der Waals surface area contributed by atoms with Crippen LogP contribution in [0.3, 0.4) is 0 Å². The minimum atomic E-state index is -0.351. The van der Waals surface area contributed by atoms with Gasteiger partial charge in [-0.15, -0.1) is 0 Å². The fourth-order valence-electron chi connectivity index (χ4n) is 1.40. The molecule has 4 heteroatoms. The summed E-state index contributed by atoms with van der Waals surface area (Å²) >= 11 is -0.0286. The number of carbonyl (C=O) groups excluding carboxylic acids is 1. The van der Waals surface area contributed by atoms with E-state index in [1.54, 1.807) is 12.1 Å². The zero-order valence-electron chi connectivity index (χ0n) is 9.40. The van der Waals surface area contributed by atoms with Crippen molar-refractivity contribution in [3.8, 4) is 0 Å². The molecule has 0 aliphatic carbocycles. The van der Waals surface area contributed by atoms with Crippen molar-refractivity contribution in [1.82, 2.24) is 0 Å². The van der Waals surface area contributed by atoms with Gasteiger partial charge < -0.3 is 0 Å². The minimum absolute atomic E-state index is 0.0145. The molecule has 2 rings (SSSR count). The van der Waals surface area contributed by atoms with Crippen LogP contribution in [0, 0.1) is 11.6 Å². The molecule has 0 N–H and O–H groups in total. The first-order valence-corrected chi connectivity index (χ1v) is 7.39. The van der Waals surface area contributed by atoms with E-state index < -0.39 is 0 Å². The number of carbonyl (C=O) groups is 1.